The molecule has 0 radical (unpaired) electrons. The van der Waals surface area contributed by atoms with Crippen LogP contribution in [0.2, 0.25) is 0 Å². The van der Waals surface area contributed by atoms with Crippen LogP contribution in [0.4, 0.5) is 0 Å². The average molecular weight is 255 g/mol. The third-order valence-corrected chi connectivity index (χ3v) is 4.58. The highest BCUT2D eigenvalue weighted by Crippen LogP contribution is 2.36. The molecule has 3 unspecified atom stereocenters. The summed E-state index contributed by atoms with van der Waals surface area (Å²) in [6, 6.07) is 0.682. The summed E-state index contributed by atoms with van der Waals surface area (Å²) in [5, 5.41) is 13.2. The van der Waals surface area contributed by atoms with Crippen molar-refractivity contribution in [1.82, 2.24) is 5.32 Å². The SMILES string of the molecule is CCC(O)CCNC1CCCC(C(C)(C)C)CC1. The van der Waals surface area contributed by atoms with Crippen LogP contribution < -0.4 is 5.32 Å². The van der Waals surface area contributed by atoms with Gasteiger partial charge in [0.2, 0.25) is 0 Å². The molecule has 0 heterocycles. The number of aliphatic hydroxyl groups is 1. The monoisotopic (exact) mass is 255 g/mol. The molecule has 0 aromatic heterocycles. The van der Waals surface area contributed by atoms with E-state index in [2.05, 4.69) is 26.1 Å². The Kier molecular flexibility index (Phi) is 6.65. The predicted molar refractivity (Wildman–Crippen MR) is 78.7 cm³/mol. The van der Waals surface area contributed by atoms with Crippen molar-refractivity contribution in [2.75, 3.05) is 6.54 Å². The second-order valence-electron chi connectivity index (χ2n) is 7.07. The highest BCUT2D eigenvalue weighted by atomic mass is 16.3. The Hall–Kier alpha value is -0.0800. The van der Waals surface area contributed by atoms with Gasteiger partial charge in [0.05, 0.1) is 6.10 Å². The molecule has 1 fully saturated rings. The summed E-state index contributed by atoms with van der Waals surface area (Å²) in [6.45, 7) is 10.2. The molecule has 0 aliphatic heterocycles. The lowest BCUT2D eigenvalue weighted by Gasteiger charge is -2.29. The van der Waals surface area contributed by atoms with Crippen LogP contribution in [0.15, 0.2) is 0 Å². The van der Waals surface area contributed by atoms with Gasteiger partial charge in [-0.2, -0.15) is 0 Å². The van der Waals surface area contributed by atoms with Crippen LogP contribution in [-0.2, 0) is 0 Å². The van der Waals surface area contributed by atoms with Crippen molar-refractivity contribution in [3.05, 3.63) is 0 Å². The van der Waals surface area contributed by atoms with Crippen molar-refractivity contribution >= 4 is 0 Å². The van der Waals surface area contributed by atoms with Crippen LogP contribution in [0.25, 0.3) is 0 Å². The largest absolute Gasteiger partial charge is 0.393 e. The maximum Gasteiger partial charge on any atom is 0.0549 e. The van der Waals surface area contributed by atoms with Crippen LogP contribution in [0.5, 0.6) is 0 Å². The molecule has 2 nitrogen and oxygen atoms in total. The summed E-state index contributed by atoms with van der Waals surface area (Å²) in [7, 11) is 0. The molecule has 0 saturated heterocycles. The van der Waals surface area contributed by atoms with E-state index < -0.39 is 0 Å². The first-order valence-electron chi connectivity index (χ1n) is 7.85. The maximum absolute atomic E-state index is 9.55. The number of rotatable bonds is 5. The van der Waals surface area contributed by atoms with Crippen LogP contribution in [0, 0.1) is 11.3 Å². The van der Waals surface area contributed by atoms with E-state index in [0.29, 0.717) is 11.5 Å². The van der Waals surface area contributed by atoms with E-state index in [4.69, 9.17) is 0 Å². The Morgan fingerprint density at radius 3 is 2.50 bits per heavy atom. The lowest BCUT2D eigenvalue weighted by atomic mass is 9.76. The van der Waals surface area contributed by atoms with Crippen LogP contribution in [0.3, 0.4) is 0 Å². The summed E-state index contributed by atoms with van der Waals surface area (Å²) >= 11 is 0. The average Bonchev–Trinajstić information content (AvgIpc) is 2.53. The van der Waals surface area contributed by atoms with Crippen LogP contribution >= 0.6 is 0 Å². The molecule has 0 bridgehead atoms. The van der Waals surface area contributed by atoms with Crippen LogP contribution in [0.1, 0.15) is 72.6 Å². The van der Waals surface area contributed by atoms with E-state index >= 15 is 0 Å². The molecule has 2 heteroatoms. The quantitative estimate of drug-likeness (QED) is 0.734. The van der Waals surface area contributed by atoms with Crippen molar-refractivity contribution in [3.8, 4) is 0 Å². The molecule has 1 aliphatic carbocycles. The molecular weight excluding hydrogens is 222 g/mol. The summed E-state index contributed by atoms with van der Waals surface area (Å²) in [5.41, 5.74) is 0.466. The van der Waals surface area contributed by atoms with Gasteiger partial charge in [0.25, 0.3) is 0 Å². The summed E-state index contributed by atoms with van der Waals surface area (Å²) in [4.78, 5) is 0. The van der Waals surface area contributed by atoms with Crippen molar-refractivity contribution in [2.45, 2.75) is 84.8 Å². The molecule has 18 heavy (non-hydrogen) atoms. The van der Waals surface area contributed by atoms with Gasteiger partial charge in [0.15, 0.2) is 0 Å². The summed E-state index contributed by atoms with van der Waals surface area (Å²) < 4.78 is 0. The van der Waals surface area contributed by atoms with E-state index in [1.54, 1.807) is 0 Å². The van der Waals surface area contributed by atoms with Gasteiger partial charge in [-0.1, -0.05) is 34.1 Å². The Morgan fingerprint density at radius 1 is 1.17 bits per heavy atom. The number of aliphatic hydroxyl groups excluding tert-OH is 1. The molecule has 1 rings (SSSR count). The van der Waals surface area contributed by atoms with Gasteiger partial charge in [-0.15, -0.1) is 0 Å². The zero-order chi connectivity index (χ0) is 13.6. The van der Waals surface area contributed by atoms with Crippen molar-refractivity contribution < 1.29 is 5.11 Å². The first kappa shape index (κ1) is 16.0. The zero-order valence-corrected chi connectivity index (χ0v) is 12.8. The van der Waals surface area contributed by atoms with E-state index in [9.17, 15) is 5.11 Å². The zero-order valence-electron chi connectivity index (χ0n) is 12.8. The second-order valence-corrected chi connectivity index (χ2v) is 7.07. The maximum atomic E-state index is 9.55. The first-order chi connectivity index (χ1) is 8.43. The molecule has 108 valence electrons. The van der Waals surface area contributed by atoms with Gasteiger partial charge in [0.1, 0.15) is 0 Å². The minimum Gasteiger partial charge on any atom is -0.393 e. The smallest absolute Gasteiger partial charge is 0.0549 e. The number of nitrogens with one attached hydrogen (secondary N) is 1. The van der Waals surface area contributed by atoms with Gasteiger partial charge >= 0.3 is 0 Å². The fourth-order valence-electron chi connectivity index (χ4n) is 3.03. The molecule has 3 atom stereocenters. The van der Waals surface area contributed by atoms with E-state index in [1.807, 2.05) is 6.92 Å². The van der Waals surface area contributed by atoms with Gasteiger partial charge in [-0.25, -0.2) is 0 Å². The second kappa shape index (κ2) is 7.49. The van der Waals surface area contributed by atoms with Gasteiger partial charge < -0.3 is 10.4 Å². The fourth-order valence-corrected chi connectivity index (χ4v) is 3.03. The molecule has 0 spiro atoms. The summed E-state index contributed by atoms with van der Waals surface area (Å²) in [5.74, 6) is 0.880. The number of hydrogen-bond donors (Lipinski definition) is 2. The lowest BCUT2D eigenvalue weighted by Crippen LogP contribution is -2.31. The minimum absolute atomic E-state index is 0.120. The highest BCUT2D eigenvalue weighted by molar-refractivity contribution is 4.81. The predicted octanol–water partition coefficient (Wildman–Crippen LogP) is 3.73. The molecule has 1 aliphatic rings. The fraction of sp³-hybridized carbons (Fsp3) is 1.00. The van der Waals surface area contributed by atoms with Crippen LogP contribution in [-0.4, -0.2) is 23.8 Å². The van der Waals surface area contributed by atoms with Crippen molar-refractivity contribution in [1.29, 1.82) is 0 Å². The minimum atomic E-state index is -0.120. The normalized spacial score (nSPS) is 27.8. The first-order valence-corrected chi connectivity index (χ1v) is 7.85. The topological polar surface area (TPSA) is 32.3 Å². The van der Waals surface area contributed by atoms with E-state index in [0.717, 1.165) is 25.3 Å². The molecule has 0 amide bonds. The van der Waals surface area contributed by atoms with Crippen molar-refractivity contribution in [3.63, 3.8) is 0 Å². The summed E-state index contributed by atoms with van der Waals surface area (Å²) in [6.07, 6.45) is 8.38. The standard InChI is InChI=1S/C16H33NO/c1-5-15(18)11-12-17-14-8-6-7-13(9-10-14)16(2,3)4/h13-15,17-18H,5-12H2,1-4H3. The highest BCUT2D eigenvalue weighted by Gasteiger charge is 2.27. The third-order valence-electron chi connectivity index (χ3n) is 4.58. The number of hydrogen-bond acceptors (Lipinski definition) is 2. The van der Waals surface area contributed by atoms with Crippen molar-refractivity contribution in [2.24, 2.45) is 11.3 Å². The Bertz CT molecular complexity index is 222. The van der Waals surface area contributed by atoms with Gasteiger partial charge in [-0.05, 0) is 56.4 Å². The molecule has 1 saturated carbocycles. The Balaban J connectivity index is 2.25. The van der Waals surface area contributed by atoms with Gasteiger partial charge in [-0.3, -0.25) is 0 Å². The molecular formula is C16H33NO. The van der Waals surface area contributed by atoms with Gasteiger partial charge in [0, 0.05) is 6.04 Å². The van der Waals surface area contributed by atoms with E-state index in [1.165, 1.54) is 32.1 Å². The Morgan fingerprint density at radius 2 is 1.89 bits per heavy atom. The molecule has 0 aromatic carbocycles. The molecule has 0 aromatic rings. The van der Waals surface area contributed by atoms with E-state index in [-0.39, 0.29) is 6.10 Å². The third kappa shape index (κ3) is 5.71. The molecule has 2 N–H and O–H groups in total. The lowest BCUT2D eigenvalue weighted by molar-refractivity contribution is 0.158. The Labute approximate surface area is 114 Å².